The number of rotatable bonds is 6. The van der Waals surface area contributed by atoms with Gasteiger partial charge in [0, 0.05) is 35.7 Å². The Morgan fingerprint density at radius 2 is 1.83 bits per heavy atom. The highest BCUT2D eigenvalue weighted by Gasteiger charge is 2.27. The number of nitrogens with zero attached hydrogens (tertiary/aromatic N) is 2. The van der Waals surface area contributed by atoms with Crippen molar-refractivity contribution >= 4 is 23.3 Å². The van der Waals surface area contributed by atoms with E-state index in [0.29, 0.717) is 42.1 Å². The van der Waals surface area contributed by atoms with Gasteiger partial charge in [0.05, 0.1) is 6.54 Å². The van der Waals surface area contributed by atoms with Crippen LogP contribution < -0.4 is 0 Å². The number of phenols is 1. The first kappa shape index (κ1) is 21.3. The van der Waals surface area contributed by atoms with E-state index >= 15 is 0 Å². The van der Waals surface area contributed by atoms with Crippen LogP contribution in [0.1, 0.15) is 28.8 Å². The minimum atomic E-state index is -0.425. The number of Topliss-reactive ketones (excluding diaryl/α,β-unsaturated/α-hetero) is 1. The van der Waals surface area contributed by atoms with Crippen LogP contribution in [0.5, 0.6) is 5.75 Å². The lowest BCUT2D eigenvalue weighted by atomic mass is 9.89. The lowest BCUT2D eigenvalue weighted by molar-refractivity contribution is -0.132. The van der Waals surface area contributed by atoms with E-state index in [4.69, 9.17) is 11.6 Å². The number of halogens is 2. The molecule has 0 radical (unpaired) electrons. The molecule has 0 bridgehead atoms. The number of ketones is 1. The van der Waals surface area contributed by atoms with Crippen molar-refractivity contribution < 1.29 is 19.1 Å². The molecule has 1 heterocycles. The molecule has 3 rings (SSSR count). The number of amides is 1. The van der Waals surface area contributed by atoms with Gasteiger partial charge in [0.2, 0.25) is 5.91 Å². The molecule has 0 atom stereocenters. The van der Waals surface area contributed by atoms with E-state index in [-0.39, 0.29) is 36.4 Å². The molecule has 1 saturated heterocycles. The number of aromatic hydroxyl groups is 1. The first-order valence-corrected chi connectivity index (χ1v) is 9.95. The zero-order chi connectivity index (χ0) is 21.0. The van der Waals surface area contributed by atoms with Crippen molar-refractivity contribution in [1.82, 2.24) is 9.80 Å². The number of piperidine rings is 1. The summed E-state index contributed by atoms with van der Waals surface area (Å²) in [5.74, 6) is -0.419. The monoisotopic (exact) mass is 418 g/mol. The Labute approximate surface area is 174 Å². The second-order valence-corrected chi connectivity index (χ2v) is 7.82. The molecule has 7 heteroatoms. The number of hydrogen-bond donors (Lipinski definition) is 1. The zero-order valence-corrected chi connectivity index (χ0v) is 17.0. The quantitative estimate of drug-likeness (QED) is 0.726. The number of carbonyl (C=O) groups is 2. The van der Waals surface area contributed by atoms with Gasteiger partial charge in [-0.05, 0) is 62.3 Å². The number of phenolic OH excluding ortho intramolecular Hbond substituents is 1. The highest BCUT2D eigenvalue weighted by atomic mass is 35.5. The molecule has 1 fully saturated rings. The van der Waals surface area contributed by atoms with Gasteiger partial charge in [-0.15, -0.1) is 0 Å². The van der Waals surface area contributed by atoms with Gasteiger partial charge in [-0.1, -0.05) is 17.7 Å². The molecule has 0 saturated carbocycles. The van der Waals surface area contributed by atoms with Crippen LogP contribution in [-0.4, -0.2) is 53.3 Å². The number of likely N-dealkylation sites (N-methyl/N-ethyl adjacent to an activating group) is 1. The van der Waals surface area contributed by atoms with Gasteiger partial charge in [-0.3, -0.25) is 14.5 Å². The SMILES string of the molecule is CN(Cc1c(F)cccc1Cl)C(=O)CN1CCC(C(=O)c2ccc(O)cc2)CC1. The Morgan fingerprint density at radius 3 is 2.45 bits per heavy atom. The third kappa shape index (κ3) is 5.34. The summed E-state index contributed by atoms with van der Waals surface area (Å²) in [6.45, 7) is 1.63. The van der Waals surface area contributed by atoms with Crippen LogP contribution in [0, 0.1) is 11.7 Å². The van der Waals surface area contributed by atoms with Crippen molar-refractivity contribution in [2.24, 2.45) is 5.92 Å². The third-order valence-electron chi connectivity index (χ3n) is 5.35. The first-order valence-electron chi connectivity index (χ1n) is 9.57. The van der Waals surface area contributed by atoms with E-state index in [2.05, 4.69) is 0 Å². The summed E-state index contributed by atoms with van der Waals surface area (Å²) in [6.07, 6.45) is 1.35. The molecule has 154 valence electrons. The largest absolute Gasteiger partial charge is 0.508 e. The van der Waals surface area contributed by atoms with Gasteiger partial charge in [0.1, 0.15) is 11.6 Å². The van der Waals surface area contributed by atoms with Crippen LogP contribution in [0.3, 0.4) is 0 Å². The Bertz CT molecular complexity index is 860. The zero-order valence-electron chi connectivity index (χ0n) is 16.3. The second-order valence-electron chi connectivity index (χ2n) is 7.41. The topological polar surface area (TPSA) is 60.9 Å². The molecule has 2 aromatic carbocycles. The average molecular weight is 419 g/mol. The fourth-order valence-corrected chi connectivity index (χ4v) is 3.76. The second kappa shape index (κ2) is 9.37. The van der Waals surface area contributed by atoms with Crippen molar-refractivity contribution in [3.8, 4) is 5.75 Å². The number of likely N-dealkylation sites (tertiary alicyclic amines) is 1. The van der Waals surface area contributed by atoms with Crippen molar-refractivity contribution in [3.63, 3.8) is 0 Å². The van der Waals surface area contributed by atoms with Crippen LogP contribution in [0.4, 0.5) is 4.39 Å². The summed E-state index contributed by atoms with van der Waals surface area (Å²) in [7, 11) is 1.63. The third-order valence-corrected chi connectivity index (χ3v) is 5.71. The van der Waals surface area contributed by atoms with Gasteiger partial charge in [0.25, 0.3) is 0 Å². The lowest BCUT2D eigenvalue weighted by Gasteiger charge is -2.32. The lowest BCUT2D eigenvalue weighted by Crippen LogP contribution is -2.43. The Morgan fingerprint density at radius 1 is 1.17 bits per heavy atom. The number of carbonyl (C=O) groups excluding carboxylic acids is 2. The molecular weight excluding hydrogens is 395 g/mol. The Balaban J connectivity index is 1.50. The molecule has 1 aliphatic heterocycles. The number of benzene rings is 2. The van der Waals surface area contributed by atoms with Crippen LogP contribution in [0.2, 0.25) is 5.02 Å². The molecule has 1 amide bonds. The molecule has 0 unspecified atom stereocenters. The summed E-state index contributed by atoms with van der Waals surface area (Å²) < 4.78 is 13.9. The summed E-state index contributed by atoms with van der Waals surface area (Å²) in [6, 6.07) is 10.8. The van der Waals surface area contributed by atoms with Gasteiger partial charge in [-0.25, -0.2) is 4.39 Å². The summed E-state index contributed by atoms with van der Waals surface area (Å²) in [4.78, 5) is 28.6. The first-order chi connectivity index (χ1) is 13.8. The van der Waals surface area contributed by atoms with E-state index in [0.717, 1.165) is 0 Å². The molecule has 1 N–H and O–H groups in total. The summed E-state index contributed by atoms with van der Waals surface area (Å²) in [5, 5.41) is 9.66. The molecular formula is C22H24ClFN2O3. The fourth-order valence-electron chi connectivity index (χ4n) is 3.54. The van der Waals surface area contributed by atoms with Gasteiger partial charge in [0.15, 0.2) is 5.78 Å². The minimum absolute atomic E-state index is 0.0716. The maximum Gasteiger partial charge on any atom is 0.236 e. The van der Waals surface area contributed by atoms with Crippen LogP contribution >= 0.6 is 11.6 Å². The van der Waals surface area contributed by atoms with Gasteiger partial charge < -0.3 is 10.0 Å². The van der Waals surface area contributed by atoms with Crippen molar-refractivity contribution in [1.29, 1.82) is 0 Å². The van der Waals surface area contributed by atoms with E-state index in [1.54, 1.807) is 25.2 Å². The fraction of sp³-hybridized carbons (Fsp3) is 0.364. The summed E-state index contributed by atoms with van der Waals surface area (Å²) >= 11 is 6.04. The van der Waals surface area contributed by atoms with E-state index in [1.165, 1.54) is 29.2 Å². The van der Waals surface area contributed by atoms with Crippen LogP contribution in [0.25, 0.3) is 0 Å². The summed E-state index contributed by atoms with van der Waals surface area (Å²) in [5.41, 5.74) is 0.905. The van der Waals surface area contributed by atoms with Gasteiger partial charge in [-0.2, -0.15) is 0 Å². The predicted octanol–water partition coefficient (Wildman–Crippen LogP) is 3.74. The maximum absolute atomic E-state index is 13.9. The van der Waals surface area contributed by atoms with Crippen molar-refractivity contribution in [2.45, 2.75) is 19.4 Å². The maximum atomic E-state index is 13.9. The van der Waals surface area contributed by atoms with E-state index < -0.39 is 5.82 Å². The Kier molecular flexibility index (Phi) is 6.87. The number of hydrogen-bond acceptors (Lipinski definition) is 4. The average Bonchev–Trinajstić information content (AvgIpc) is 2.71. The minimum Gasteiger partial charge on any atom is -0.508 e. The predicted molar refractivity (Wildman–Crippen MR) is 109 cm³/mol. The Hall–Kier alpha value is -2.44. The molecule has 2 aromatic rings. The van der Waals surface area contributed by atoms with Crippen molar-refractivity contribution in [2.75, 3.05) is 26.7 Å². The molecule has 0 spiro atoms. The standard InChI is InChI=1S/C22H24ClFN2O3/c1-25(13-18-19(23)3-2-4-20(18)24)21(28)14-26-11-9-16(10-12-26)22(29)15-5-7-17(27)8-6-15/h2-8,16,27H,9-14H2,1H3. The highest BCUT2D eigenvalue weighted by molar-refractivity contribution is 6.31. The highest BCUT2D eigenvalue weighted by Crippen LogP contribution is 2.24. The van der Waals surface area contributed by atoms with E-state index in [1.807, 2.05) is 4.90 Å². The van der Waals surface area contributed by atoms with E-state index in [9.17, 15) is 19.1 Å². The normalized spacial score (nSPS) is 15.3. The van der Waals surface area contributed by atoms with Crippen molar-refractivity contribution in [3.05, 3.63) is 64.4 Å². The van der Waals surface area contributed by atoms with Gasteiger partial charge >= 0.3 is 0 Å². The van der Waals surface area contributed by atoms with Crippen LogP contribution in [-0.2, 0) is 11.3 Å². The molecule has 5 nitrogen and oxygen atoms in total. The molecule has 29 heavy (non-hydrogen) atoms. The smallest absolute Gasteiger partial charge is 0.236 e. The molecule has 0 aliphatic carbocycles. The molecule has 0 aromatic heterocycles. The molecule has 1 aliphatic rings. The van der Waals surface area contributed by atoms with Crippen LogP contribution in [0.15, 0.2) is 42.5 Å².